The van der Waals surface area contributed by atoms with Gasteiger partial charge in [-0.1, -0.05) is 6.42 Å². The van der Waals surface area contributed by atoms with Crippen molar-refractivity contribution < 1.29 is 0 Å². The van der Waals surface area contributed by atoms with Crippen LogP contribution < -0.4 is 5.73 Å². The fraction of sp³-hybridized carbons (Fsp3) is 1.00. The van der Waals surface area contributed by atoms with E-state index in [-0.39, 0.29) is 0 Å². The molecular weight excluding hydrogens is 266 g/mol. The number of hydrogen-bond donors (Lipinski definition) is 1. The summed E-state index contributed by atoms with van der Waals surface area (Å²) in [6, 6.07) is 1.52. The average Bonchev–Trinajstić information content (AvgIpc) is 3.04. The van der Waals surface area contributed by atoms with E-state index in [9.17, 15) is 0 Å². The molecule has 0 aromatic carbocycles. The van der Waals surface area contributed by atoms with Crippen molar-refractivity contribution >= 4 is 11.8 Å². The van der Waals surface area contributed by atoms with Crippen LogP contribution in [0.5, 0.6) is 0 Å². The molecule has 0 amide bonds. The Kier molecular flexibility index (Phi) is 5.66. The van der Waals surface area contributed by atoms with Gasteiger partial charge in [-0.2, -0.15) is 11.8 Å². The Morgan fingerprint density at radius 3 is 2.35 bits per heavy atom. The first-order valence-corrected chi connectivity index (χ1v) is 9.80. The number of likely N-dealkylation sites (tertiary alicyclic amines) is 2. The molecule has 0 aliphatic carbocycles. The van der Waals surface area contributed by atoms with Crippen molar-refractivity contribution in [2.75, 3.05) is 44.2 Å². The molecule has 3 saturated heterocycles. The highest BCUT2D eigenvalue weighted by molar-refractivity contribution is 7.99. The van der Waals surface area contributed by atoms with Gasteiger partial charge >= 0.3 is 0 Å². The predicted octanol–water partition coefficient (Wildman–Crippen LogP) is 2.02. The van der Waals surface area contributed by atoms with Crippen LogP contribution in [0.4, 0.5) is 0 Å². The van der Waals surface area contributed by atoms with Crippen LogP contribution in [0.2, 0.25) is 0 Å². The Bertz CT molecular complexity index is 279. The van der Waals surface area contributed by atoms with Crippen molar-refractivity contribution in [1.82, 2.24) is 9.80 Å². The van der Waals surface area contributed by atoms with Gasteiger partial charge in [0, 0.05) is 18.6 Å². The third-order valence-corrected chi connectivity index (χ3v) is 6.81. The summed E-state index contributed by atoms with van der Waals surface area (Å²) in [4.78, 5) is 5.49. The minimum absolute atomic E-state index is 0.660. The van der Waals surface area contributed by atoms with Gasteiger partial charge in [-0.3, -0.25) is 4.90 Å². The van der Waals surface area contributed by atoms with Crippen LogP contribution in [0, 0.1) is 5.92 Å². The van der Waals surface area contributed by atoms with E-state index in [4.69, 9.17) is 5.73 Å². The monoisotopic (exact) mass is 297 g/mol. The van der Waals surface area contributed by atoms with Crippen molar-refractivity contribution in [3.8, 4) is 0 Å². The van der Waals surface area contributed by atoms with Crippen LogP contribution in [-0.2, 0) is 0 Å². The summed E-state index contributed by atoms with van der Waals surface area (Å²) in [5, 5.41) is 0. The topological polar surface area (TPSA) is 32.5 Å². The van der Waals surface area contributed by atoms with Crippen LogP contribution in [0.25, 0.3) is 0 Å². The molecule has 0 aromatic rings. The molecule has 3 fully saturated rings. The van der Waals surface area contributed by atoms with E-state index in [1.54, 1.807) is 0 Å². The molecule has 3 rings (SSSR count). The molecule has 2 atom stereocenters. The standard InChI is InChI=1S/C16H31N3S/c17-12-16(14-6-11-20-13-14)19-9-4-15(5-10-19)18-7-2-1-3-8-18/h14-16H,1-13,17H2. The largest absolute Gasteiger partial charge is 0.329 e. The lowest BCUT2D eigenvalue weighted by Gasteiger charge is -2.43. The second-order valence-electron chi connectivity index (χ2n) is 6.79. The van der Waals surface area contributed by atoms with Crippen LogP contribution in [-0.4, -0.2) is 66.1 Å². The van der Waals surface area contributed by atoms with Gasteiger partial charge in [-0.15, -0.1) is 0 Å². The lowest BCUT2D eigenvalue weighted by atomic mass is 9.93. The number of hydrogen-bond acceptors (Lipinski definition) is 4. The van der Waals surface area contributed by atoms with Gasteiger partial charge < -0.3 is 10.6 Å². The smallest absolute Gasteiger partial charge is 0.0254 e. The molecule has 3 heterocycles. The molecule has 3 aliphatic rings. The van der Waals surface area contributed by atoms with Gasteiger partial charge in [0.15, 0.2) is 0 Å². The van der Waals surface area contributed by atoms with E-state index >= 15 is 0 Å². The van der Waals surface area contributed by atoms with E-state index in [1.165, 1.54) is 76.2 Å². The molecular formula is C16H31N3S. The first-order valence-electron chi connectivity index (χ1n) is 8.64. The van der Waals surface area contributed by atoms with Gasteiger partial charge in [0.05, 0.1) is 0 Å². The average molecular weight is 298 g/mol. The molecule has 0 bridgehead atoms. The maximum absolute atomic E-state index is 6.10. The summed E-state index contributed by atoms with van der Waals surface area (Å²) >= 11 is 2.12. The van der Waals surface area contributed by atoms with Gasteiger partial charge in [0.1, 0.15) is 0 Å². The summed E-state index contributed by atoms with van der Waals surface area (Å²) in [7, 11) is 0. The summed E-state index contributed by atoms with van der Waals surface area (Å²) in [6.45, 7) is 6.13. The molecule has 0 aromatic heterocycles. The summed E-state index contributed by atoms with van der Waals surface area (Å²) in [5.74, 6) is 3.55. The number of piperidine rings is 2. The Balaban J connectivity index is 1.49. The predicted molar refractivity (Wildman–Crippen MR) is 88.3 cm³/mol. The van der Waals surface area contributed by atoms with Crippen molar-refractivity contribution in [2.45, 2.75) is 50.6 Å². The molecule has 2 unspecified atom stereocenters. The Morgan fingerprint density at radius 1 is 1.00 bits per heavy atom. The molecule has 0 radical (unpaired) electrons. The lowest BCUT2D eigenvalue weighted by molar-refractivity contribution is 0.0605. The Labute approximate surface area is 128 Å². The zero-order valence-corrected chi connectivity index (χ0v) is 13.6. The Hall–Kier alpha value is 0.230. The second-order valence-corrected chi connectivity index (χ2v) is 7.94. The number of rotatable bonds is 4. The third kappa shape index (κ3) is 3.52. The molecule has 2 N–H and O–H groups in total. The van der Waals surface area contributed by atoms with Crippen molar-refractivity contribution in [3.05, 3.63) is 0 Å². The zero-order valence-electron chi connectivity index (χ0n) is 12.8. The molecule has 3 nitrogen and oxygen atoms in total. The normalized spacial score (nSPS) is 32.5. The summed E-state index contributed by atoms with van der Waals surface area (Å²) < 4.78 is 0. The highest BCUT2D eigenvalue weighted by Gasteiger charge is 2.33. The number of thioether (sulfide) groups is 1. The minimum atomic E-state index is 0.660. The molecule has 116 valence electrons. The summed E-state index contributed by atoms with van der Waals surface area (Å²) in [6.07, 6.45) is 8.42. The molecule has 3 aliphatic heterocycles. The van der Waals surface area contributed by atoms with Crippen LogP contribution in [0.3, 0.4) is 0 Å². The third-order valence-electron chi connectivity index (χ3n) is 5.63. The molecule has 0 saturated carbocycles. The molecule has 20 heavy (non-hydrogen) atoms. The number of nitrogens with zero attached hydrogens (tertiary/aromatic N) is 2. The highest BCUT2D eigenvalue weighted by atomic mass is 32.2. The fourth-order valence-corrected chi connectivity index (χ4v) is 5.69. The maximum atomic E-state index is 6.10. The van der Waals surface area contributed by atoms with E-state index in [1.807, 2.05) is 0 Å². The van der Waals surface area contributed by atoms with Crippen molar-refractivity contribution in [3.63, 3.8) is 0 Å². The van der Waals surface area contributed by atoms with E-state index in [0.717, 1.165) is 18.5 Å². The van der Waals surface area contributed by atoms with Crippen molar-refractivity contribution in [2.24, 2.45) is 11.7 Å². The first-order chi connectivity index (χ1) is 9.88. The van der Waals surface area contributed by atoms with Gasteiger partial charge in [-0.25, -0.2) is 0 Å². The molecule has 0 spiro atoms. The van der Waals surface area contributed by atoms with E-state index < -0.39 is 0 Å². The molecule has 4 heteroatoms. The fourth-order valence-electron chi connectivity index (χ4n) is 4.36. The van der Waals surface area contributed by atoms with E-state index in [2.05, 4.69) is 21.6 Å². The van der Waals surface area contributed by atoms with Gasteiger partial charge in [0.25, 0.3) is 0 Å². The van der Waals surface area contributed by atoms with Crippen LogP contribution >= 0.6 is 11.8 Å². The van der Waals surface area contributed by atoms with Crippen LogP contribution in [0.1, 0.15) is 38.5 Å². The second kappa shape index (κ2) is 7.48. The first kappa shape index (κ1) is 15.1. The van der Waals surface area contributed by atoms with Crippen LogP contribution in [0.15, 0.2) is 0 Å². The Morgan fingerprint density at radius 2 is 1.75 bits per heavy atom. The SMILES string of the molecule is NCC(C1CCSC1)N1CCC(N2CCCCC2)CC1. The maximum Gasteiger partial charge on any atom is 0.0254 e. The van der Waals surface area contributed by atoms with Gasteiger partial charge in [-0.05, 0) is 75.7 Å². The zero-order chi connectivity index (χ0) is 13.8. The van der Waals surface area contributed by atoms with Crippen molar-refractivity contribution in [1.29, 1.82) is 0 Å². The lowest BCUT2D eigenvalue weighted by Crippen LogP contribution is -2.53. The summed E-state index contributed by atoms with van der Waals surface area (Å²) in [5.41, 5.74) is 6.10. The van der Waals surface area contributed by atoms with E-state index in [0.29, 0.717) is 6.04 Å². The number of nitrogens with two attached hydrogens (primary N) is 1. The minimum Gasteiger partial charge on any atom is -0.329 e. The quantitative estimate of drug-likeness (QED) is 0.860. The van der Waals surface area contributed by atoms with Gasteiger partial charge in [0.2, 0.25) is 0 Å². The highest BCUT2D eigenvalue weighted by Crippen LogP contribution is 2.30.